The Morgan fingerprint density at radius 3 is 1.30 bits per heavy atom. The van der Waals surface area contributed by atoms with Gasteiger partial charge in [-0.15, -0.1) is 0 Å². The molecule has 3 aromatic rings. The first-order valence-corrected chi connectivity index (χ1v) is 15.6. The van der Waals surface area contributed by atoms with E-state index in [-0.39, 0.29) is 19.8 Å². The molecule has 3 aromatic carbocycles. The first-order chi connectivity index (χ1) is 14.8. The topological polar surface area (TPSA) is 73.2 Å². The van der Waals surface area contributed by atoms with Gasteiger partial charge in [0.1, 0.15) is 0 Å². The van der Waals surface area contributed by atoms with Crippen molar-refractivity contribution in [2.75, 3.05) is 32.9 Å². The first-order valence-electron chi connectivity index (χ1n) is 10.2. The molecule has 0 heterocycles. The van der Waals surface area contributed by atoms with Crippen LogP contribution >= 0.6 is 0 Å². The Balaban J connectivity index is 2.20. The van der Waals surface area contributed by atoms with Crippen molar-refractivity contribution >= 4 is 29.5 Å². The summed E-state index contributed by atoms with van der Waals surface area (Å²) in [5, 5.41) is 29.3. The van der Waals surface area contributed by atoms with Gasteiger partial charge >= 0.3 is 183 Å². The maximum absolute atomic E-state index is 10.3. The molecule has 6 heteroatoms. The van der Waals surface area contributed by atoms with Crippen LogP contribution in [0.1, 0.15) is 0 Å². The van der Waals surface area contributed by atoms with E-state index in [1.54, 1.807) is 4.90 Å². The molecule has 3 rings (SSSR count). The zero-order valence-corrected chi connectivity index (χ0v) is 19.8. The molecule has 0 fully saturated rings. The van der Waals surface area contributed by atoms with Crippen molar-refractivity contribution in [3.05, 3.63) is 91.0 Å². The summed E-state index contributed by atoms with van der Waals surface area (Å²) in [5.74, 6) is 0. The predicted octanol–water partition coefficient (Wildman–Crippen LogP) is 0.275. The van der Waals surface area contributed by atoms with E-state index in [9.17, 15) is 15.3 Å². The fourth-order valence-electron chi connectivity index (χ4n) is 3.81. The van der Waals surface area contributed by atoms with Crippen molar-refractivity contribution in [1.29, 1.82) is 0 Å². The third kappa shape index (κ3) is 5.11. The van der Waals surface area contributed by atoms with E-state index in [1.165, 1.54) is 0 Å². The molecule has 158 valence electrons. The summed E-state index contributed by atoms with van der Waals surface area (Å²) in [4.78, 5) is 1.81. The molecule has 0 saturated carbocycles. The molecule has 0 spiro atoms. The van der Waals surface area contributed by atoms with Gasteiger partial charge in [0.15, 0.2) is 0 Å². The Hall–Kier alpha value is -1.74. The van der Waals surface area contributed by atoms with Gasteiger partial charge in [-0.1, -0.05) is 0 Å². The maximum atomic E-state index is 10.3. The molecular weight excluding hydrogens is 485 g/mol. The fraction of sp³-hybridized carbons (Fsp3) is 0.250. The second kappa shape index (κ2) is 11.6. The van der Waals surface area contributed by atoms with E-state index in [0.717, 1.165) is 10.7 Å². The SMILES string of the molecule is OCCN(CCO)C(CO)[O][Sn]([c]1ccccc1)([c]1ccccc1)[c]1ccccc1. The van der Waals surface area contributed by atoms with Gasteiger partial charge in [-0.25, -0.2) is 0 Å². The number of benzene rings is 3. The van der Waals surface area contributed by atoms with Crippen molar-refractivity contribution in [1.82, 2.24) is 4.90 Å². The van der Waals surface area contributed by atoms with Gasteiger partial charge in [0, 0.05) is 0 Å². The summed E-state index contributed by atoms with van der Waals surface area (Å²) in [6.07, 6.45) is -0.638. The first kappa shape index (κ1) is 22.9. The number of nitrogens with zero attached hydrogens (tertiary/aromatic N) is 1. The van der Waals surface area contributed by atoms with Crippen molar-refractivity contribution in [3.63, 3.8) is 0 Å². The Morgan fingerprint density at radius 2 is 1.00 bits per heavy atom. The van der Waals surface area contributed by atoms with Gasteiger partial charge in [0.2, 0.25) is 0 Å². The quantitative estimate of drug-likeness (QED) is 0.254. The van der Waals surface area contributed by atoms with Crippen molar-refractivity contribution in [3.8, 4) is 0 Å². The third-order valence-electron chi connectivity index (χ3n) is 5.19. The molecule has 30 heavy (non-hydrogen) atoms. The molecule has 0 aliphatic rings. The Kier molecular flexibility index (Phi) is 8.86. The van der Waals surface area contributed by atoms with E-state index < -0.39 is 25.0 Å². The van der Waals surface area contributed by atoms with Crippen molar-refractivity contribution in [2.24, 2.45) is 0 Å². The summed E-state index contributed by atoms with van der Waals surface area (Å²) in [6.45, 7) is 0.234. The van der Waals surface area contributed by atoms with Crippen LogP contribution in [0.4, 0.5) is 0 Å². The molecule has 0 aliphatic carbocycles. The van der Waals surface area contributed by atoms with Crippen LogP contribution in [0.15, 0.2) is 91.0 Å². The van der Waals surface area contributed by atoms with Crippen LogP contribution in [0.3, 0.4) is 0 Å². The van der Waals surface area contributed by atoms with Crippen molar-refractivity contribution < 1.29 is 18.4 Å². The van der Waals surface area contributed by atoms with E-state index in [2.05, 4.69) is 36.4 Å². The van der Waals surface area contributed by atoms with Crippen LogP contribution in [-0.4, -0.2) is 78.1 Å². The number of hydrogen-bond donors (Lipinski definition) is 3. The summed E-state index contributed by atoms with van der Waals surface area (Å²) in [7, 11) is 0. The van der Waals surface area contributed by atoms with Crippen LogP contribution in [0.25, 0.3) is 0 Å². The van der Waals surface area contributed by atoms with Gasteiger partial charge in [0.05, 0.1) is 0 Å². The van der Waals surface area contributed by atoms with Crippen LogP contribution in [0.5, 0.6) is 0 Å². The fourth-order valence-corrected chi connectivity index (χ4v) is 15.3. The minimum absolute atomic E-state index is 0.0790. The van der Waals surface area contributed by atoms with E-state index >= 15 is 0 Å². The molecular formula is C24H29NO4Sn. The van der Waals surface area contributed by atoms with Gasteiger partial charge in [-0.05, 0) is 0 Å². The number of rotatable bonds is 11. The molecule has 0 bridgehead atoms. The summed E-state index contributed by atoms with van der Waals surface area (Å²) < 4.78 is 10.4. The molecule has 0 saturated heterocycles. The average Bonchev–Trinajstić information content (AvgIpc) is 2.82. The molecule has 1 atom stereocenters. The predicted molar refractivity (Wildman–Crippen MR) is 122 cm³/mol. The van der Waals surface area contributed by atoms with Gasteiger partial charge < -0.3 is 0 Å². The zero-order valence-electron chi connectivity index (χ0n) is 17.0. The number of hydrogen-bond acceptors (Lipinski definition) is 5. The number of aliphatic hydroxyl groups is 3. The van der Waals surface area contributed by atoms with Gasteiger partial charge in [-0.2, -0.15) is 0 Å². The Labute approximate surface area is 182 Å². The molecule has 1 unspecified atom stereocenters. The normalized spacial score (nSPS) is 12.8. The minimum atomic E-state index is -4.02. The molecule has 5 nitrogen and oxygen atoms in total. The van der Waals surface area contributed by atoms with Crippen molar-refractivity contribution in [2.45, 2.75) is 6.23 Å². The average molecular weight is 514 g/mol. The summed E-state index contributed by atoms with van der Waals surface area (Å²) >= 11 is -4.02. The standard InChI is InChI=1S/C6H14NO4.3C6H5.Sn/c8-3-1-7(2-4-9)6(11)5-10;3*1-2-4-6-5-3-1;/h6,8-10H,1-5H2;3*1-5H;/q-1;;;;+1. The monoisotopic (exact) mass is 515 g/mol. The van der Waals surface area contributed by atoms with Crippen LogP contribution < -0.4 is 10.7 Å². The molecule has 0 radical (unpaired) electrons. The van der Waals surface area contributed by atoms with Crippen LogP contribution in [-0.2, 0) is 3.07 Å². The van der Waals surface area contributed by atoms with Crippen LogP contribution in [0.2, 0.25) is 0 Å². The van der Waals surface area contributed by atoms with E-state index in [0.29, 0.717) is 13.1 Å². The molecule has 0 aliphatic heterocycles. The summed E-state index contributed by atoms with van der Waals surface area (Å²) in [6, 6.07) is 30.7. The second-order valence-corrected chi connectivity index (χ2v) is 16.5. The van der Waals surface area contributed by atoms with Gasteiger partial charge in [0.25, 0.3) is 0 Å². The second-order valence-electron chi connectivity index (χ2n) is 7.02. The molecule has 0 aromatic heterocycles. The van der Waals surface area contributed by atoms with Gasteiger partial charge in [-0.3, -0.25) is 0 Å². The Bertz CT molecular complexity index is 761. The molecule has 0 amide bonds. The van der Waals surface area contributed by atoms with E-state index in [1.807, 2.05) is 54.6 Å². The van der Waals surface area contributed by atoms with Crippen LogP contribution in [0, 0.1) is 0 Å². The molecule has 3 N–H and O–H groups in total. The van der Waals surface area contributed by atoms with E-state index in [4.69, 9.17) is 3.07 Å². The Morgan fingerprint density at radius 1 is 0.633 bits per heavy atom. The zero-order chi connectivity index (χ0) is 21.2. The summed E-state index contributed by atoms with van der Waals surface area (Å²) in [5.41, 5.74) is 0. The number of aliphatic hydroxyl groups excluding tert-OH is 3. The third-order valence-corrected chi connectivity index (χ3v) is 16.8.